The lowest BCUT2D eigenvalue weighted by atomic mass is 10.1. The van der Waals surface area contributed by atoms with Crippen LogP contribution in [0, 0.1) is 0 Å². The fourth-order valence-electron chi connectivity index (χ4n) is 2.16. The average Bonchev–Trinajstić information content (AvgIpc) is 2.90. The van der Waals surface area contributed by atoms with E-state index in [-0.39, 0.29) is 0 Å². The molecule has 2 aromatic rings. The molecule has 1 unspecified atom stereocenters. The molecular weight excluding hydrogens is 276 g/mol. The molecule has 0 aliphatic heterocycles. The van der Waals surface area contributed by atoms with E-state index in [2.05, 4.69) is 42.5 Å². The summed E-state index contributed by atoms with van der Waals surface area (Å²) in [6, 6.07) is 10.6. The standard InChI is InChI=1S/C15H19ClN2S/c1-11(8-14-4-3-7-19-14)18(2)15-6-5-13(16)9-12(15)10-17/h3-7,9,11H,8,10,17H2,1-2H3. The summed E-state index contributed by atoms with van der Waals surface area (Å²) in [6.07, 6.45) is 1.04. The van der Waals surface area contributed by atoms with Crippen molar-refractivity contribution in [2.24, 2.45) is 5.73 Å². The van der Waals surface area contributed by atoms with E-state index in [9.17, 15) is 0 Å². The van der Waals surface area contributed by atoms with Gasteiger partial charge in [0, 0.05) is 41.6 Å². The summed E-state index contributed by atoms with van der Waals surface area (Å²) < 4.78 is 0. The van der Waals surface area contributed by atoms with Crippen LogP contribution in [0.25, 0.3) is 0 Å². The Hall–Kier alpha value is -1.03. The third kappa shape index (κ3) is 3.50. The smallest absolute Gasteiger partial charge is 0.0412 e. The Bertz CT molecular complexity index is 525. The zero-order valence-corrected chi connectivity index (χ0v) is 12.8. The van der Waals surface area contributed by atoms with Crippen molar-refractivity contribution in [1.82, 2.24) is 0 Å². The van der Waals surface area contributed by atoms with Gasteiger partial charge in [0.15, 0.2) is 0 Å². The number of benzene rings is 1. The van der Waals surface area contributed by atoms with Crippen LogP contribution in [0.1, 0.15) is 17.4 Å². The first-order valence-corrected chi connectivity index (χ1v) is 7.61. The first kappa shape index (κ1) is 14.4. The zero-order valence-electron chi connectivity index (χ0n) is 11.3. The number of likely N-dealkylation sites (N-methyl/N-ethyl adjacent to an activating group) is 1. The highest BCUT2D eigenvalue weighted by Gasteiger charge is 2.14. The molecule has 0 radical (unpaired) electrons. The van der Waals surface area contributed by atoms with Crippen molar-refractivity contribution in [3.05, 3.63) is 51.2 Å². The molecule has 0 bridgehead atoms. The van der Waals surface area contributed by atoms with Crippen LogP contribution in [0.2, 0.25) is 5.02 Å². The van der Waals surface area contributed by atoms with Gasteiger partial charge in [0.05, 0.1) is 0 Å². The van der Waals surface area contributed by atoms with Crippen LogP contribution < -0.4 is 10.6 Å². The first-order valence-electron chi connectivity index (χ1n) is 6.35. The summed E-state index contributed by atoms with van der Waals surface area (Å²) in [5.41, 5.74) is 8.06. The van der Waals surface area contributed by atoms with Gasteiger partial charge in [0.2, 0.25) is 0 Å². The van der Waals surface area contributed by atoms with Crippen molar-refractivity contribution in [3.8, 4) is 0 Å². The van der Waals surface area contributed by atoms with Gasteiger partial charge in [0.1, 0.15) is 0 Å². The second-order valence-electron chi connectivity index (χ2n) is 4.72. The summed E-state index contributed by atoms with van der Waals surface area (Å²) >= 11 is 7.83. The number of nitrogens with two attached hydrogens (primary N) is 1. The maximum Gasteiger partial charge on any atom is 0.0412 e. The Morgan fingerprint density at radius 3 is 2.79 bits per heavy atom. The molecule has 1 heterocycles. The molecule has 0 fully saturated rings. The molecular formula is C15H19ClN2S. The van der Waals surface area contributed by atoms with Crippen LogP contribution in [-0.2, 0) is 13.0 Å². The highest BCUT2D eigenvalue weighted by molar-refractivity contribution is 7.09. The number of hydrogen-bond acceptors (Lipinski definition) is 3. The lowest BCUT2D eigenvalue weighted by molar-refractivity contribution is 0.685. The van der Waals surface area contributed by atoms with E-state index in [0.29, 0.717) is 12.6 Å². The maximum atomic E-state index is 6.02. The van der Waals surface area contributed by atoms with E-state index in [1.807, 2.05) is 12.1 Å². The summed E-state index contributed by atoms with van der Waals surface area (Å²) in [7, 11) is 2.11. The Labute approximate surface area is 123 Å². The largest absolute Gasteiger partial charge is 0.371 e. The van der Waals surface area contributed by atoms with Gasteiger partial charge >= 0.3 is 0 Å². The molecule has 0 aliphatic carbocycles. The van der Waals surface area contributed by atoms with Crippen molar-refractivity contribution >= 4 is 28.6 Å². The number of nitrogens with zero attached hydrogens (tertiary/aromatic N) is 1. The van der Waals surface area contributed by atoms with Crippen molar-refractivity contribution < 1.29 is 0 Å². The third-order valence-electron chi connectivity index (χ3n) is 3.38. The molecule has 19 heavy (non-hydrogen) atoms. The van der Waals surface area contributed by atoms with Crippen LogP contribution in [0.15, 0.2) is 35.7 Å². The minimum atomic E-state index is 0.421. The Morgan fingerprint density at radius 2 is 2.16 bits per heavy atom. The second kappa shape index (κ2) is 6.42. The van der Waals surface area contributed by atoms with Crippen molar-refractivity contribution in [1.29, 1.82) is 0 Å². The van der Waals surface area contributed by atoms with E-state index >= 15 is 0 Å². The topological polar surface area (TPSA) is 29.3 Å². The van der Waals surface area contributed by atoms with Crippen LogP contribution >= 0.6 is 22.9 Å². The fourth-order valence-corrected chi connectivity index (χ4v) is 3.18. The van der Waals surface area contributed by atoms with E-state index in [1.54, 1.807) is 11.3 Å². The molecule has 0 amide bonds. The molecule has 0 saturated heterocycles. The van der Waals surface area contributed by atoms with Gasteiger partial charge in [-0.1, -0.05) is 17.7 Å². The molecule has 2 N–H and O–H groups in total. The van der Waals surface area contributed by atoms with Gasteiger partial charge in [-0.05, 0) is 42.1 Å². The summed E-state index contributed by atoms with van der Waals surface area (Å²) in [6.45, 7) is 2.74. The summed E-state index contributed by atoms with van der Waals surface area (Å²) in [5.74, 6) is 0. The number of rotatable bonds is 5. The number of anilines is 1. The maximum absolute atomic E-state index is 6.02. The molecule has 4 heteroatoms. The van der Waals surface area contributed by atoms with Gasteiger partial charge in [0.25, 0.3) is 0 Å². The second-order valence-corrected chi connectivity index (χ2v) is 6.19. The predicted octanol–water partition coefficient (Wildman–Crippen LogP) is 3.93. The zero-order chi connectivity index (χ0) is 13.8. The Kier molecular flexibility index (Phi) is 4.86. The van der Waals surface area contributed by atoms with E-state index in [4.69, 9.17) is 17.3 Å². The fraction of sp³-hybridized carbons (Fsp3) is 0.333. The predicted molar refractivity (Wildman–Crippen MR) is 85.2 cm³/mol. The van der Waals surface area contributed by atoms with Crippen LogP contribution in [-0.4, -0.2) is 13.1 Å². The molecule has 0 saturated carbocycles. The van der Waals surface area contributed by atoms with E-state index < -0.39 is 0 Å². The lowest BCUT2D eigenvalue weighted by Gasteiger charge is -2.28. The van der Waals surface area contributed by atoms with E-state index in [1.165, 1.54) is 4.88 Å². The molecule has 0 aliphatic rings. The summed E-state index contributed by atoms with van der Waals surface area (Å²) in [5, 5.41) is 2.86. The molecule has 1 aromatic heterocycles. The lowest BCUT2D eigenvalue weighted by Crippen LogP contribution is -2.31. The van der Waals surface area contributed by atoms with Crippen LogP contribution in [0.3, 0.4) is 0 Å². The van der Waals surface area contributed by atoms with Gasteiger partial charge in [-0.25, -0.2) is 0 Å². The van der Waals surface area contributed by atoms with Crippen LogP contribution in [0.4, 0.5) is 5.69 Å². The highest BCUT2D eigenvalue weighted by atomic mass is 35.5. The first-order chi connectivity index (χ1) is 9.11. The normalized spacial score (nSPS) is 12.4. The van der Waals surface area contributed by atoms with Gasteiger partial charge in [-0.3, -0.25) is 0 Å². The quantitative estimate of drug-likeness (QED) is 0.905. The third-order valence-corrected chi connectivity index (χ3v) is 4.51. The van der Waals surface area contributed by atoms with Gasteiger partial charge < -0.3 is 10.6 Å². The van der Waals surface area contributed by atoms with Crippen LogP contribution in [0.5, 0.6) is 0 Å². The van der Waals surface area contributed by atoms with Crippen molar-refractivity contribution in [2.75, 3.05) is 11.9 Å². The van der Waals surface area contributed by atoms with Gasteiger partial charge in [-0.2, -0.15) is 0 Å². The number of thiophene rings is 1. The SMILES string of the molecule is CC(Cc1cccs1)N(C)c1ccc(Cl)cc1CN. The minimum Gasteiger partial charge on any atom is -0.371 e. The molecule has 0 spiro atoms. The Morgan fingerprint density at radius 1 is 1.37 bits per heavy atom. The average molecular weight is 295 g/mol. The molecule has 1 aromatic carbocycles. The van der Waals surface area contributed by atoms with E-state index in [0.717, 1.165) is 22.7 Å². The van der Waals surface area contributed by atoms with Crippen molar-refractivity contribution in [3.63, 3.8) is 0 Å². The van der Waals surface area contributed by atoms with Gasteiger partial charge in [-0.15, -0.1) is 11.3 Å². The molecule has 1 atom stereocenters. The summed E-state index contributed by atoms with van der Waals surface area (Å²) in [4.78, 5) is 3.68. The number of halogens is 1. The van der Waals surface area contributed by atoms with Crippen molar-refractivity contribution in [2.45, 2.75) is 25.9 Å². The Balaban J connectivity index is 2.16. The number of hydrogen-bond donors (Lipinski definition) is 1. The minimum absolute atomic E-state index is 0.421. The molecule has 102 valence electrons. The monoisotopic (exact) mass is 294 g/mol. The molecule has 2 nitrogen and oxygen atoms in total. The molecule has 2 rings (SSSR count). The highest BCUT2D eigenvalue weighted by Crippen LogP contribution is 2.26.